The maximum absolute atomic E-state index is 13.2. The summed E-state index contributed by atoms with van der Waals surface area (Å²) in [6.07, 6.45) is 3.03. The Labute approximate surface area is 116 Å². The lowest BCUT2D eigenvalue weighted by Gasteiger charge is -2.18. The van der Waals surface area contributed by atoms with Gasteiger partial charge in [-0.2, -0.15) is 0 Å². The Morgan fingerprint density at radius 3 is 2.70 bits per heavy atom. The molecule has 1 aliphatic rings. The first-order valence-electron chi connectivity index (χ1n) is 6.57. The molecule has 1 saturated carbocycles. The van der Waals surface area contributed by atoms with Crippen molar-refractivity contribution in [3.63, 3.8) is 0 Å². The number of hydrogen-bond acceptors (Lipinski definition) is 2. The number of urea groups is 1. The zero-order valence-corrected chi connectivity index (χ0v) is 11.1. The van der Waals surface area contributed by atoms with Crippen LogP contribution < -0.4 is 10.6 Å². The third-order valence-electron chi connectivity index (χ3n) is 3.64. The molecule has 2 amide bonds. The lowest BCUT2D eigenvalue weighted by molar-refractivity contribution is 0.0698. The molecular weight excluding hydrogens is 263 g/mol. The Hall–Kier alpha value is -2.11. The van der Waals surface area contributed by atoms with E-state index in [9.17, 15) is 14.0 Å². The largest absolute Gasteiger partial charge is 0.478 e. The average molecular weight is 280 g/mol. The highest BCUT2D eigenvalue weighted by atomic mass is 19.1. The van der Waals surface area contributed by atoms with Crippen molar-refractivity contribution in [3.05, 3.63) is 29.6 Å². The van der Waals surface area contributed by atoms with Gasteiger partial charge in [-0.15, -0.1) is 0 Å². The maximum atomic E-state index is 13.2. The molecule has 108 valence electrons. The van der Waals surface area contributed by atoms with E-state index in [2.05, 4.69) is 17.6 Å². The topological polar surface area (TPSA) is 78.4 Å². The molecule has 1 aromatic rings. The van der Waals surface area contributed by atoms with Gasteiger partial charge in [0.15, 0.2) is 0 Å². The zero-order valence-electron chi connectivity index (χ0n) is 11.1. The van der Waals surface area contributed by atoms with E-state index in [1.807, 2.05) is 0 Å². The summed E-state index contributed by atoms with van der Waals surface area (Å²) in [4.78, 5) is 22.9. The molecule has 3 N–H and O–H groups in total. The van der Waals surface area contributed by atoms with Gasteiger partial charge in [0.2, 0.25) is 0 Å². The van der Waals surface area contributed by atoms with Crippen molar-refractivity contribution >= 4 is 17.7 Å². The number of hydrogen-bond donors (Lipinski definition) is 3. The van der Waals surface area contributed by atoms with Gasteiger partial charge in [0.25, 0.3) is 0 Å². The first-order chi connectivity index (χ1) is 9.47. The molecule has 5 nitrogen and oxygen atoms in total. The van der Waals surface area contributed by atoms with Crippen LogP contribution in [0.25, 0.3) is 0 Å². The number of aromatic carboxylic acids is 1. The Morgan fingerprint density at radius 2 is 2.10 bits per heavy atom. The number of rotatable bonds is 3. The van der Waals surface area contributed by atoms with E-state index in [0.717, 1.165) is 37.5 Å². The molecule has 0 spiro atoms. The van der Waals surface area contributed by atoms with Crippen LogP contribution in [-0.2, 0) is 0 Å². The van der Waals surface area contributed by atoms with Gasteiger partial charge in [0.05, 0.1) is 11.3 Å². The molecule has 0 saturated heterocycles. The highest BCUT2D eigenvalue weighted by Crippen LogP contribution is 2.25. The number of carboxylic acids is 1. The second-order valence-corrected chi connectivity index (χ2v) is 5.11. The molecule has 0 bridgehead atoms. The fourth-order valence-electron chi connectivity index (χ4n) is 2.49. The number of carbonyl (C=O) groups excluding carboxylic acids is 1. The number of benzene rings is 1. The van der Waals surface area contributed by atoms with Gasteiger partial charge in [-0.25, -0.2) is 14.0 Å². The maximum Gasteiger partial charge on any atom is 0.337 e. The number of carboxylic acid groups (broad SMARTS) is 1. The summed E-state index contributed by atoms with van der Waals surface area (Å²) in [5.41, 5.74) is -0.179. The molecule has 20 heavy (non-hydrogen) atoms. The van der Waals surface area contributed by atoms with E-state index in [1.54, 1.807) is 0 Å². The highest BCUT2D eigenvalue weighted by molar-refractivity contribution is 6.00. The number of amides is 2. The summed E-state index contributed by atoms with van der Waals surface area (Å²) in [6.45, 7) is 2.06. The van der Waals surface area contributed by atoms with E-state index in [4.69, 9.17) is 5.11 Å². The quantitative estimate of drug-likeness (QED) is 0.796. The van der Waals surface area contributed by atoms with Crippen LogP contribution in [0.3, 0.4) is 0 Å². The van der Waals surface area contributed by atoms with Crippen molar-refractivity contribution in [1.82, 2.24) is 5.32 Å². The van der Waals surface area contributed by atoms with Crippen molar-refractivity contribution in [1.29, 1.82) is 0 Å². The van der Waals surface area contributed by atoms with Crippen LogP contribution in [0, 0.1) is 11.7 Å². The first kappa shape index (κ1) is 14.3. The molecule has 2 rings (SSSR count). The Kier molecular flexibility index (Phi) is 4.22. The van der Waals surface area contributed by atoms with Crippen LogP contribution in [0.15, 0.2) is 18.2 Å². The fourth-order valence-corrected chi connectivity index (χ4v) is 2.49. The van der Waals surface area contributed by atoms with E-state index in [0.29, 0.717) is 5.92 Å². The SMILES string of the molecule is CC1CCCC1NC(=O)Nc1cc(F)ccc1C(=O)O. The fraction of sp³-hybridized carbons (Fsp3) is 0.429. The summed E-state index contributed by atoms with van der Waals surface area (Å²) < 4.78 is 13.2. The van der Waals surface area contributed by atoms with Crippen LogP contribution in [0.2, 0.25) is 0 Å². The number of nitrogens with one attached hydrogen (secondary N) is 2. The number of anilines is 1. The van der Waals surface area contributed by atoms with Gasteiger partial charge in [0.1, 0.15) is 5.82 Å². The third kappa shape index (κ3) is 3.26. The molecule has 0 heterocycles. The van der Waals surface area contributed by atoms with Crippen molar-refractivity contribution in [3.8, 4) is 0 Å². The lowest BCUT2D eigenvalue weighted by Crippen LogP contribution is -2.39. The van der Waals surface area contributed by atoms with Gasteiger partial charge in [0, 0.05) is 6.04 Å². The van der Waals surface area contributed by atoms with Gasteiger partial charge >= 0.3 is 12.0 Å². The summed E-state index contributed by atoms with van der Waals surface area (Å²) >= 11 is 0. The third-order valence-corrected chi connectivity index (χ3v) is 3.64. The van der Waals surface area contributed by atoms with Crippen molar-refractivity contribution < 1.29 is 19.1 Å². The highest BCUT2D eigenvalue weighted by Gasteiger charge is 2.25. The predicted molar refractivity (Wildman–Crippen MR) is 72.3 cm³/mol. The van der Waals surface area contributed by atoms with E-state index < -0.39 is 17.8 Å². The Bertz CT molecular complexity index is 533. The average Bonchev–Trinajstić information content (AvgIpc) is 2.74. The molecule has 6 heteroatoms. The number of halogens is 1. The van der Waals surface area contributed by atoms with Crippen LogP contribution in [0.1, 0.15) is 36.5 Å². The molecule has 0 aromatic heterocycles. The minimum absolute atomic E-state index is 0.0411. The second-order valence-electron chi connectivity index (χ2n) is 5.11. The smallest absolute Gasteiger partial charge is 0.337 e. The molecule has 2 unspecified atom stereocenters. The van der Waals surface area contributed by atoms with Gasteiger partial charge in [-0.1, -0.05) is 13.3 Å². The summed E-state index contributed by atoms with van der Waals surface area (Å²) in [5, 5.41) is 14.2. The molecule has 1 aliphatic carbocycles. The van der Waals surface area contributed by atoms with Gasteiger partial charge < -0.3 is 15.7 Å². The van der Waals surface area contributed by atoms with E-state index >= 15 is 0 Å². The summed E-state index contributed by atoms with van der Waals surface area (Å²) in [6, 6.07) is 2.76. The van der Waals surface area contributed by atoms with Crippen LogP contribution in [0.4, 0.5) is 14.9 Å². The molecule has 0 aliphatic heterocycles. The van der Waals surface area contributed by atoms with Crippen molar-refractivity contribution in [2.45, 2.75) is 32.2 Å². The van der Waals surface area contributed by atoms with E-state index in [1.165, 1.54) is 0 Å². The molecule has 2 atom stereocenters. The molecule has 1 fully saturated rings. The predicted octanol–water partition coefficient (Wildman–Crippen LogP) is 2.83. The van der Waals surface area contributed by atoms with Gasteiger partial charge in [-0.3, -0.25) is 0 Å². The van der Waals surface area contributed by atoms with Crippen LogP contribution in [0.5, 0.6) is 0 Å². The summed E-state index contributed by atoms with van der Waals surface area (Å²) in [5.74, 6) is -1.42. The zero-order chi connectivity index (χ0) is 14.7. The first-order valence-corrected chi connectivity index (χ1v) is 6.57. The van der Waals surface area contributed by atoms with Crippen LogP contribution >= 0.6 is 0 Å². The van der Waals surface area contributed by atoms with E-state index in [-0.39, 0.29) is 17.3 Å². The Morgan fingerprint density at radius 1 is 1.35 bits per heavy atom. The number of carbonyl (C=O) groups is 2. The normalized spacial score (nSPS) is 21.5. The second kappa shape index (κ2) is 5.90. The molecular formula is C14H17FN2O3. The molecule has 1 aromatic carbocycles. The lowest BCUT2D eigenvalue weighted by atomic mass is 10.1. The minimum Gasteiger partial charge on any atom is -0.478 e. The standard InChI is InChI=1S/C14H17FN2O3/c1-8-3-2-4-11(8)16-14(20)17-12-7-9(15)5-6-10(12)13(18)19/h5-8,11H,2-4H2,1H3,(H,18,19)(H2,16,17,20). The van der Waals surface area contributed by atoms with Crippen LogP contribution in [-0.4, -0.2) is 23.1 Å². The van der Waals surface area contributed by atoms with Gasteiger partial charge in [-0.05, 0) is 37.0 Å². The monoisotopic (exact) mass is 280 g/mol. The molecule has 0 radical (unpaired) electrons. The van der Waals surface area contributed by atoms with Crippen molar-refractivity contribution in [2.24, 2.45) is 5.92 Å². The summed E-state index contributed by atoms with van der Waals surface area (Å²) in [7, 11) is 0. The van der Waals surface area contributed by atoms with Crippen molar-refractivity contribution in [2.75, 3.05) is 5.32 Å². The minimum atomic E-state index is -1.21. The Balaban J connectivity index is 2.07.